The number of likely N-dealkylation sites (tertiary alicyclic amines) is 1. The lowest BCUT2D eigenvalue weighted by Gasteiger charge is -2.42. The standard InChI is InChI=1S/C18H26N4O2/c1-14(23)22(15-6-4-7-15)16-8-5-12-21(13-10-16)18(24)20-17-9-2-3-11-19-17/h2-3,9,11,15-16H,4-8,10,12-13H2,1H3,(H,19,20,24)/t16-/m0/s1. The molecular formula is C18H26N4O2. The molecule has 0 unspecified atom stereocenters. The van der Waals surface area contributed by atoms with Gasteiger partial charge in [0.15, 0.2) is 0 Å². The van der Waals surface area contributed by atoms with Crippen LogP contribution in [0.15, 0.2) is 24.4 Å². The third kappa shape index (κ3) is 3.86. The van der Waals surface area contributed by atoms with E-state index in [-0.39, 0.29) is 18.0 Å². The van der Waals surface area contributed by atoms with Gasteiger partial charge in [0.05, 0.1) is 0 Å². The van der Waals surface area contributed by atoms with E-state index in [1.54, 1.807) is 19.2 Å². The van der Waals surface area contributed by atoms with Crippen molar-refractivity contribution < 1.29 is 9.59 Å². The molecule has 1 aliphatic heterocycles. The van der Waals surface area contributed by atoms with Gasteiger partial charge in [-0.1, -0.05) is 6.07 Å². The third-order valence-corrected chi connectivity index (χ3v) is 5.11. The molecule has 0 aromatic carbocycles. The van der Waals surface area contributed by atoms with E-state index in [4.69, 9.17) is 0 Å². The smallest absolute Gasteiger partial charge is 0.323 e. The van der Waals surface area contributed by atoms with E-state index in [0.717, 1.165) is 38.6 Å². The summed E-state index contributed by atoms with van der Waals surface area (Å²) in [6.07, 6.45) is 7.89. The number of carbonyl (C=O) groups is 2. The maximum absolute atomic E-state index is 12.4. The first-order chi connectivity index (χ1) is 11.6. The Labute approximate surface area is 143 Å². The zero-order chi connectivity index (χ0) is 16.9. The largest absolute Gasteiger partial charge is 0.337 e. The number of carbonyl (C=O) groups excluding carboxylic acids is 2. The van der Waals surface area contributed by atoms with Gasteiger partial charge in [0.25, 0.3) is 0 Å². The number of nitrogens with one attached hydrogen (secondary N) is 1. The molecule has 2 fully saturated rings. The van der Waals surface area contributed by atoms with Gasteiger partial charge in [-0.05, 0) is 50.7 Å². The quantitative estimate of drug-likeness (QED) is 0.927. The summed E-state index contributed by atoms with van der Waals surface area (Å²) in [5.74, 6) is 0.749. The molecule has 2 heterocycles. The fourth-order valence-electron chi connectivity index (χ4n) is 3.66. The molecule has 1 atom stereocenters. The molecule has 130 valence electrons. The lowest BCUT2D eigenvalue weighted by Crippen LogP contribution is -2.49. The van der Waals surface area contributed by atoms with Crippen molar-refractivity contribution in [3.05, 3.63) is 24.4 Å². The number of amides is 3. The van der Waals surface area contributed by atoms with Crippen LogP contribution in [0.4, 0.5) is 10.6 Å². The van der Waals surface area contributed by atoms with Gasteiger partial charge in [-0.2, -0.15) is 0 Å². The van der Waals surface area contributed by atoms with Gasteiger partial charge in [-0.15, -0.1) is 0 Å². The zero-order valence-electron chi connectivity index (χ0n) is 14.3. The van der Waals surface area contributed by atoms with Crippen LogP contribution in [-0.2, 0) is 4.79 Å². The van der Waals surface area contributed by atoms with Crippen LogP contribution in [0.5, 0.6) is 0 Å². The number of rotatable bonds is 3. The molecule has 1 saturated heterocycles. The zero-order valence-corrected chi connectivity index (χ0v) is 14.3. The van der Waals surface area contributed by atoms with Gasteiger partial charge in [0.1, 0.15) is 5.82 Å². The highest BCUT2D eigenvalue weighted by molar-refractivity contribution is 5.88. The number of aromatic nitrogens is 1. The van der Waals surface area contributed by atoms with Crippen molar-refractivity contribution in [2.24, 2.45) is 0 Å². The summed E-state index contributed by atoms with van der Waals surface area (Å²) in [4.78, 5) is 32.6. The molecule has 3 amide bonds. The first-order valence-corrected chi connectivity index (χ1v) is 8.91. The second-order valence-electron chi connectivity index (χ2n) is 6.73. The van der Waals surface area contributed by atoms with Crippen molar-refractivity contribution in [1.29, 1.82) is 0 Å². The fourth-order valence-corrected chi connectivity index (χ4v) is 3.66. The third-order valence-electron chi connectivity index (χ3n) is 5.11. The Kier molecular flexibility index (Phi) is 5.33. The summed E-state index contributed by atoms with van der Waals surface area (Å²) in [6.45, 7) is 3.08. The molecule has 1 N–H and O–H groups in total. The average molecular weight is 330 g/mol. The molecule has 1 saturated carbocycles. The van der Waals surface area contributed by atoms with E-state index in [0.29, 0.717) is 18.4 Å². The van der Waals surface area contributed by atoms with E-state index < -0.39 is 0 Å². The minimum atomic E-state index is -0.104. The predicted molar refractivity (Wildman–Crippen MR) is 92.6 cm³/mol. The summed E-state index contributed by atoms with van der Waals surface area (Å²) in [5, 5.41) is 2.85. The number of anilines is 1. The highest BCUT2D eigenvalue weighted by Crippen LogP contribution is 2.30. The number of pyridine rings is 1. The normalized spacial score (nSPS) is 21.5. The summed E-state index contributed by atoms with van der Waals surface area (Å²) in [5.41, 5.74) is 0. The lowest BCUT2D eigenvalue weighted by molar-refractivity contribution is -0.136. The van der Waals surface area contributed by atoms with E-state index >= 15 is 0 Å². The molecule has 6 heteroatoms. The van der Waals surface area contributed by atoms with Gasteiger partial charge in [0, 0.05) is 38.3 Å². The molecule has 0 spiro atoms. The number of urea groups is 1. The van der Waals surface area contributed by atoms with Crippen LogP contribution in [-0.4, -0.2) is 51.9 Å². The van der Waals surface area contributed by atoms with Gasteiger partial charge in [-0.25, -0.2) is 9.78 Å². The fraction of sp³-hybridized carbons (Fsp3) is 0.611. The van der Waals surface area contributed by atoms with E-state index in [2.05, 4.69) is 15.2 Å². The Morgan fingerprint density at radius 3 is 2.50 bits per heavy atom. The Morgan fingerprint density at radius 2 is 1.88 bits per heavy atom. The molecule has 3 rings (SSSR count). The van der Waals surface area contributed by atoms with Gasteiger partial charge >= 0.3 is 6.03 Å². The van der Waals surface area contributed by atoms with Crippen molar-refractivity contribution in [3.8, 4) is 0 Å². The van der Waals surface area contributed by atoms with Gasteiger partial charge in [0.2, 0.25) is 5.91 Å². The van der Waals surface area contributed by atoms with Crippen LogP contribution < -0.4 is 5.32 Å². The molecule has 24 heavy (non-hydrogen) atoms. The highest BCUT2D eigenvalue weighted by atomic mass is 16.2. The average Bonchev–Trinajstić information content (AvgIpc) is 2.77. The summed E-state index contributed by atoms with van der Waals surface area (Å²) >= 11 is 0. The molecule has 2 aliphatic rings. The molecule has 6 nitrogen and oxygen atoms in total. The van der Waals surface area contributed by atoms with Gasteiger partial charge in [-0.3, -0.25) is 10.1 Å². The molecule has 1 aromatic rings. The molecule has 0 bridgehead atoms. The minimum Gasteiger partial charge on any atom is -0.337 e. The highest BCUT2D eigenvalue weighted by Gasteiger charge is 2.33. The Morgan fingerprint density at radius 1 is 1.12 bits per heavy atom. The Bertz CT molecular complexity index is 574. The van der Waals surface area contributed by atoms with Crippen molar-refractivity contribution in [1.82, 2.24) is 14.8 Å². The van der Waals surface area contributed by atoms with Crippen LogP contribution in [0, 0.1) is 0 Å². The minimum absolute atomic E-state index is 0.104. The van der Waals surface area contributed by atoms with Crippen molar-refractivity contribution in [2.45, 2.75) is 57.5 Å². The number of nitrogens with zero attached hydrogens (tertiary/aromatic N) is 3. The molecule has 0 radical (unpaired) electrons. The van der Waals surface area contributed by atoms with E-state index in [1.165, 1.54) is 6.42 Å². The van der Waals surface area contributed by atoms with Crippen molar-refractivity contribution in [2.75, 3.05) is 18.4 Å². The maximum atomic E-state index is 12.4. The van der Waals surface area contributed by atoms with Crippen molar-refractivity contribution in [3.63, 3.8) is 0 Å². The molecular weight excluding hydrogens is 304 g/mol. The first kappa shape index (κ1) is 16.7. The molecule has 1 aromatic heterocycles. The summed E-state index contributed by atoms with van der Waals surface area (Å²) in [6, 6.07) is 6.04. The summed E-state index contributed by atoms with van der Waals surface area (Å²) in [7, 11) is 0. The van der Waals surface area contributed by atoms with E-state index in [9.17, 15) is 9.59 Å². The Hall–Kier alpha value is -2.11. The maximum Gasteiger partial charge on any atom is 0.323 e. The lowest BCUT2D eigenvalue weighted by atomic mass is 9.89. The monoisotopic (exact) mass is 330 g/mol. The second-order valence-corrected chi connectivity index (χ2v) is 6.73. The second kappa shape index (κ2) is 7.64. The molecule has 1 aliphatic carbocycles. The Balaban J connectivity index is 1.58. The SMILES string of the molecule is CC(=O)N(C1CCC1)[C@H]1CCCN(C(=O)Nc2ccccn2)CC1. The van der Waals surface area contributed by atoms with Crippen LogP contribution >= 0.6 is 0 Å². The van der Waals surface area contributed by atoms with Crippen LogP contribution in [0.1, 0.15) is 45.4 Å². The topological polar surface area (TPSA) is 65.5 Å². The van der Waals surface area contributed by atoms with Crippen LogP contribution in [0.3, 0.4) is 0 Å². The van der Waals surface area contributed by atoms with Crippen LogP contribution in [0.2, 0.25) is 0 Å². The van der Waals surface area contributed by atoms with Gasteiger partial charge < -0.3 is 9.80 Å². The van der Waals surface area contributed by atoms with E-state index in [1.807, 2.05) is 17.0 Å². The number of hydrogen-bond donors (Lipinski definition) is 1. The predicted octanol–water partition coefficient (Wildman–Crippen LogP) is 2.87. The van der Waals surface area contributed by atoms with Crippen molar-refractivity contribution >= 4 is 17.8 Å². The summed E-state index contributed by atoms with van der Waals surface area (Å²) < 4.78 is 0. The number of hydrogen-bond acceptors (Lipinski definition) is 3. The van der Waals surface area contributed by atoms with Crippen LogP contribution in [0.25, 0.3) is 0 Å². The first-order valence-electron chi connectivity index (χ1n) is 8.91.